The summed E-state index contributed by atoms with van der Waals surface area (Å²) < 4.78 is 0. The highest BCUT2D eigenvalue weighted by Gasteiger charge is 2.28. The normalized spacial score (nSPS) is 28.2. The number of carbonyl (C=O) groups excluding carboxylic acids is 1. The molecular formula is C15H31Cl2N3O. The SMILES string of the molecule is CC(N)CC(=O)N1CCN(C2CCC(C)CC2)CC1.Cl.Cl. The molecule has 1 saturated heterocycles. The van der Waals surface area contributed by atoms with Crippen LogP contribution in [0.3, 0.4) is 0 Å². The lowest BCUT2D eigenvalue weighted by molar-refractivity contribution is -0.133. The molecule has 0 bridgehead atoms. The molecule has 1 atom stereocenters. The van der Waals surface area contributed by atoms with Gasteiger partial charge in [-0.05, 0) is 38.5 Å². The zero-order valence-electron chi connectivity index (χ0n) is 13.3. The average molecular weight is 340 g/mol. The lowest BCUT2D eigenvalue weighted by atomic mass is 9.86. The van der Waals surface area contributed by atoms with Gasteiger partial charge in [-0.1, -0.05) is 6.92 Å². The van der Waals surface area contributed by atoms with Gasteiger partial charge in [-0.2, -0.15) is 0 Å². The Morgan fingerprint density at radius 3 is 2.10 bits per heavy atom. The van der Waals surface area contributed by atoms with Gasteiger partial charge in [-0.3, -0.25) is 9.69 Å². The Labute approximate surface area is 141 Å². The van der Waals surface area contributed by atoms with Crippen molar-refractivity contribution in [3.05, 3.63) is 0 Å². The standard InChI is InChI=1S/C15H29N3O.2ClH/c1-12-3-5-14(6-4-12)17-7-9-18(10-8-17)15(19)11-13(2)16;;/h12-14H,3-11,16H2,1-2H3;2*1H. The highest BCUT2D eigenvalue weighted by Crippen LogP contribution is 2.27. The first-order valence-electron chi connectivity index (χ1n) is 7.83. The van der Waals surface area contributed by atoms with Gasteiger partial charge in [0.05, 0.1) is 0 Å². The van der Waals surface area contributed by atoms with E-state index >= 15 is 0 Å². The van der Waals surface area contributed by atoms with Crippen LogP contribution in [0, 0.1) is 5.92 Å². The van der Waals surface area contributed by atoms with E-state index in [0.717, 1.165) is 38.1 Å². The van der Waals surface area contributed by atoms with E-state index in [0.29, 0.717) is 6.42 Å². The topological polar surface area (TPSA) is 49.6 Å². The zero-order chi connectivity index (χ0) is 13.8. The molecular weight excluding hydrogens is 309 g/mol. The number of carbonyl (C=O) groups is 1. The van der Waals surface area contributed by atoms with Gasteiger partial charge in [-0.25, -0.2) is 0 Å². The van der Waals surface area contributed by atoms with E-state index in [1.807, 2.05) is 11.8 Å². The first-order valence-corrected chi connectivity index (χ1v) is 7.83. The highest BCUT2D eigenvalue weighted by atomic mass is 35.5. The molecule has 2 N–H and O–H groups in total. The number of rotatable bonds is 3. The third-order valence-corrected chi connectivity index (χ3v) is 4.67. The van der Waals surface area contributed by atoms with Crippen molar-refractivity contribution in [3.63, 3.8) is 0 Å². The summed E-state index contributed by atoms with van der Waals surface area (Å²) in [6.07, 6.45) is 5.91. The Balaban J connectivity index is 0.00000200. The van der Waals surface area contributed by atoms with Gasteiger partial charge >= 0.3 is 0 Å². The largest absolute Gasteiger partial charge is 0.340 e. The molecule has 0 spiro atoms. The predicted molar refractivity (Wildman–Crippen MR) is 92.3 cm³/mol. The maximum Gasteiger partial charge on any atom is 0.224 e. The molecule has 6 heteroatoms. The van der Waals surface area contributed by atoms with Gasteiger partial charge in [0.1, 0.15) is 0 Å². The van der Waals surface area contributed by atoms with Crippen LogP contribution < -0.4 is 5.73 Å². The summed E-state index contributed by atoms with van der Waals surface area (Å²) in [5, 5.41) is 0. The van der Waals surface area contributed by atoms with Crippen LogP contribution in [-0.2, 0) is 4.79 Å². The molecule has 2 rings (SSSR count). The van der Waals surface area contributed by atoms with Crippen LogP contribution in [0.25, 0.3) is 0 Å². The fourth-order valence-electron chi connectivity index (χ4n) is 3.35. The summed E-state index contributed by atoms with van der Waals surface area (Å²) in [5.74, 6) is 1.14. The van der Waals surface area contributed by atoms with Gasteiger partial charge in [0, 0.05) is 44.7 Å². The van der Waals surface area contributed by atoms with Crippen LogP contribution in [0.2, 0.25) is 0 Å². The van der Waals surface area contributed by atoms with E-state index in [1.165, 1.54) is 25.7 Å². The first kappa shape index (κ1) is 21.0. The van der Waals surface area contributed by atoms with E-state index in [4.69, 9.17) is 5.73 Å². The minimum Gasteiger partial charge on any atom is -0.340 e. The number of hydrogen-bond donors (Lipinski definition) is 1. The van der Waals surface area contributed by atoms with Gasteiger partial charge in [0.25, 0.3) is 0 Å². The Kier molecular flexibility index (Phi) is 9.87. The van der Waals surface area contributed by atoms with E-state index in [-0.39, 0.29) is 36.8 Å². The fourth-order valence-corrected chi connectivity index (χ4v) is 3.35. The molecule has 21 heavy (non-hydrogen) atoms. The maximum absolute atomic E-state index is 12.0. The molecule has 1 unspecified atom stereocenters. The minimum absolute atomic E-state index is 0. The lowest BCUT2D eigenvalue weighted by Gasteiger charge is -2.41. The Bertz CT molecular complexity index is 299. The molecule has 126 valence electrons. The van der Waals surface area contributed by atoms with Crippen molar-refractivity contribution < 1.29 is 4.79 Å². The van der Waals surface area contributed by atoms with Gasteiger partial charge in [0.2, 0.25) is 5.91 Å². The lowest BCUT2D eigenvalue weighted by Crippen LogP contribution is -2.53. The van der Waals surface area contributed by atoms with E-state index < -0.39 is 0 Å². The summed E-state index contributed by atoms with van der Waals surface area (Å²) in [4.78, 5) is 16.6. The number of nitrogens with zero attached hydrogens (tertiary/aromatic N) is 2. The minimum atomic E-state index is -0.0228. The fraction of sp³-hybridized carbons (Fsp3) is 0.933. The molecule has 0 radical (unpaired) electrons. The van der Waals surface area contributed by atoms with Crippen LogP contribution in [0.15, 0.2) is 0 Å². The molecule has 2 aliphatic rings. The van der Waals surface area contributed by atoms with E-state index in [1.54, 1.807) is 0 Å². The molecule has 1 heterocycles. The van der Waals surface area contributed by atoms with Crippen LogP contribution in [0.5, 0.6) is 0 Å². The highest BCUT2D eigenvalue weighted by molar-refractivity contribution is 5.85. The molecule has 1 aliphatic carbocycles. The number of nitrogens with two attached hydrogens (primary N) is 1. The molecule has 4 nitrogen and oxygen atoms in total. The van der Waals surface area contributed by atoms with Crippen molar-refractivity contribution in [3.8, 4) is 0 Å². The van der Waals surface area contributed by atoms with Gasteiger partial charge in [-0.15, -0.1) is 24.8 Å². The molecule has 0 aromatic carbocycles. The Morgan fingerprint density at radius 1 is 1.10 bits per heavy atom. The molecule has 2 fully saturated rings. The van der Waals surface area contributed by atoms with Crippen LogP contribution in [0.1, 0.15) is 46.0 Å². The average Bonchev–Trinajstić information content (AvgIpc) is 2.39. The maximum atomic E-state index is 12.0. The zero-order valence-corrected chi connectivity index (χ0v) is 14.9. The van der Waals surface area contributed by atoms with Crippen LogP contribution >= 0.6 is 24.8 Å². The Morgan fingerprint density at radius 2 is 1.62 bits per heavy atom. The summed E-state index contributed by atoms with van der Waals surface area (Å²) in [7, 11) is 0. The first-order chi connectivity index (χ1) is 9.06. The predicted octanol–water partition coefficient (Wildman–Crippen LogP) is 2.29. The Hall–Kier alpha value is -0.0300. The molecule has 0 aromatic rings. The van der Waals surface area contributed by atoms with Crippen molar-refractivity contribution in [1.29, 1.82) is 0 Å². The number of hydrogen-bond acceptors (Lipinski definition) is 3. The van der Waals surface area contributed by atoms with Crippen molar-refractivity contribution in [2.24, 2.45) is 11.7 Å². The third-order valence-electron chi connectivity index (χ3n) is 4.67. The second kappa shape index (κ2) is 9.88. The van der Waals surface area contributed by atoms with Crippen molar-refractivity contribution in [1.82, 2.24) is 9.80 Å². The monoisotopic (exact) mass is 339 g/mol. The number of halogens is 2. The van der Waals surface area contributed by atoms with Crippen LogP contribution in [0.4, 0.5) is 0 Å². The van der Waals surface area contributed by atoms with E-state index in [2.05, 4.69) is 11.8 Å². The van der Waals surface area contributed by atoms with Crippen molar-refractivity contribution in [2.45, 2.75) is 58.0 Å². The smallest absolute Gasteiger partial charge is 0.224 e. The third kappa shape index (κ3) is 6.31. The molecule has 1 amide bonds. The molecule has 0 aromatic heterocycles. The second-order valence-corrected chi connectivity index (χ2v) is 6.51. The van der Waals surface area contributed by atoms with Crippen molar-refractivity contribution in [2.75, 3.05) is 26.2 Å². The van der Waals surface area contributed by atoms with Gasteiger partial charge in [0.15, 0.2) is 0 Å². The summed E-state index contributed by atoms with van der Waals surface area (Å²) in [5.41, 5.74) is 5.70. The summed E-state index contributed by atoms with van der Waals surface area (Å²) in [6.45, 7) is 8.13. The van der Waals surface area contributed by atoms with Gasteiger partial charge < -0.3 is 10.6 Å². The summed E-state index contributed by atoms with van der Waals surface area (Å²) >= 11 is 0. The van der Waals surface area contributed by atoms with Crippen molar-refractivity contribution >= 4 is 30.7 Å². The van der Waals surface area contributed by atoms with Crippen LogP contribution in [-0.4, -0.2) is 54.0 Å². The number of piperazine rings is 1. The summed E-state index contributed by atoms with van der Waals surface area (Å²) in [6, 6.07) is 0.743. The van der Waals surface area contributed by atoms with E-state index in [9.17, 15) is 4.79 Å². The quantitative estimate of drug-likeness (QED) is 0.858. The molecule has 1 aliphatic heterocycles. The molecule has 1 saturated carbocycles. The number of amides is 1. The second-order valence-electron chi connectivity index (χ2n) is 6.51.